The van der Waals surface area contributed by atoms with Crippen LogP contribution in [0.15, 0.2) is 16.6 Å². The zero-order valence-electron chi connectivity index (χ0n) is 6.77. The van der Waals surface area contributed by atoms with Gasteiger partial charge in [0, 0.05) is 0 Å². The Labute approximate surface area is 79.4 Å². The van der Waals surface area contributed by atoms with Gasteiger partial charge >= 0.3 is 0 Å². The molecule has 0 aliphatic rings. The molecule has 0 aromatic heterocycles. The van der Waals surface area contributed by atoms with Gasteiger partial charge in [-0.05, 0) is 40.0 Å². The molecule has 0 spiro atoms. The second kappa shape index (κ2) is 3.90. The first-order valence-electron chi connectivity index (χ1n) is 3.82. The van der Waals surface area contributed by atoms with Crippen molar-refractivity contribution in [1.82, 2.24) is 0 Å². The van der Waals surface area contributed by atoms with Crippen molar-refractivity contribution in [1.29, 1.82) is 0 Å². The van der Waals surface area contributed by atoms with E-state index in [-0.39, 0.29) is 11.6 Å². The minimum atomic E-state index is -0.317. The van der Waals surface area contributed by atoms with Gasteiger partial charge in [0.05, 0.1) is 4.47 Å². The van der Waals surface area contributed by atoms with Gasteiger partial charge in [-0.2, -0.15) is 0 Å². The molecular formula is C9H10BrFO. The van der Waals surface area contributed by atoms with Crippen LogP contribution in [0.25, 0.3) is 0 Å². The summed E-state index contributed by atoms with van der Waals surface area (Å²) >= 11 is 3.08. The van der Waals surface area contributed by atoms with Crippen molar-refractivity contribution in [2.75, 3.05) is 0 Å². The molecule has 66 valence electrons. The highest BCUT2D eigenvalue weighted by Crippen LogP contribution is 2.29. The maximum atomic E-state index is 12.8. The lowest BCUT2D eigenvalue weighted by atomic mass is 10.1. The highest BCUT2D eigenvalue weighted by Gasteiger charge is 2.06. The fourth-order valence-corrected chi connectivity index (χ4v) is 1.55. The SMILES string of the molecule is CCCc1cc(F)cc(Br)c1O. The molecule has 1 rings (SSSR count). The van der Waals surface area contributed by atoms with Crippen LogP contribution >= 0.6 is 15.9 Å². The molecule has 0 bridgehead atoms. The van der Waals surface area contributed by atoms with Crippen molar-refractivity contribution in [3.05, 3.63) is 28.0 Å². The van der Waals surface area contributed by atoms with E-state index in [9.17, 15) is 9.50 Å². The van der Waals surface area contributed by atoms with Crippen LogP contribution in [0, 0.1) is 5.82 Å². The maximum Gasteiger partial charge on any atom is 0.133 e. The summed E-state index contributed by atoms with van der Waals surface area (Å²) in [5, 5.41) is 9.44. The third-order valence-electron chi connectivity index (χ3n) is 1.63. The van der Waals surface area contributed by atoms with Gasteiger partial charge in [0.2, 0.25) is 0 Å². The Morgan fingerprint density at radius 3 is 2.75 bits per heavy atom. The van der Waals surface area contributed by atoms with Crippen LogP contribution in [0.5, 0.6) is 5.75 Å². The zero-order chi connectivity index (χ0) is 9.14. The van der Waals surface area contributed by atoms with Crippen LogP contribution < -0.4 is 0 Å². The summed E-state index contributed by atoms with van der Waals surface area (Å²) in [6.07, 6.45) is 1.59. The lowest BCUT2D eigenvalue weighted by Crippen LogP contribution is -1.87. The molecule has 0 aliphatic heterocycles. The Bertz CT molecular complexity index is 286. The monoisotopic (exact) mass is 232 g/mol. The van der Waals surface area contributed by atoms with Gasteiger partial charge < -0.3 is 5.11 Å². The second-order valence-electron chi connectivity index (χ2n) is 2.65. The first-order valence-corrected chi connectivity index (χ1v) is 4.61. The second-order valence-corrected chi connectivity index (χ2v) is 3.50. The molecule has 0 heterocycles. The molecule has 0 saturated heterocycles. The number of phenols is 1. The van der Waals surface area contributed by atoms with Crippen LogP contribution in [0.3, 0.4) is 0 Å². The molecule has 0 atom stereocenters. The molecule has 1 aromatic carbocycles. The Hall–Kier alpha value is -0.570. The van der Waals surface area contributed by atoms with E-state index in [2.05, 4.69) is 15.9 Å². The van der Waals surface area contributed by atoms with Crippen molar-refractivity contribution in [3.8, 4) is 5.75 Å². The van der Waals surface area contributed by atoms with Crippen LogP contribution in [-0.4, -0.2) is 5.11 Å². The van der Waals surface area contributed by atoms with Crippen LogP contribution in [0.4, 0.5) is 4.39 Å². The predicted octanol–water partition coefficient (Wildman–Crippen LogP) is 3.25. The Balaban J connectivity index is 3.09. The number of hydrogen-bond donors (Lipinski definition) is 1. The lowest BCUT2D eigenvalue weighted by molar-refractivity contribution is 0.461. The normalized spacial score (nSPS) is 10.2. The average molecular weight is 233 g/mol. The van der Waals surface area contributed by atoms with E-state index in [1.807, 2.05) is 6.92 Å². The Morgan fingerprint density at radius 2 is 2.17 bits per heavy atom. The quantitative estimate of drug-likeness (QED) is 0.831. The molecule has 0 amide bonds. The molecule has 0 radical (unpaired) electrons. The van der Waals surface area contributed by atoms with Crippen LogP contribution in [0.2, 0.25) is 0 Å². The number of rotatable bonds is 2. The number of aryl methyl sites for hydroxylation is 1. The van der Waals surface area contributed by atoms with E-state index in [1.54, 1.807) is 0 Å². The highest BCUT2D eigenvalue weighted by atomic mass is 79.9. The molecule has 1 nitrogen and oxygen atoms in total. The maximum absolute atomic E-state index is 12.8. The summed E-state index contributed by atoms with van der Waals surface area (Å²) in [5.74, 6) is -0.165. The average Bonchev–Trinajstić information content (AvgIpc) is 2.00. The topological polar surface area (TPSA) is 20.2 Å². The summed E-state index contributed by atoms with van der Waals surface area (Å²) in [6, 6.07) is 2.62. The van der Waals surface area contributed by atoms with E-state index in [1.165, 1.54) is 12.1 Å². The van der Waals surface area contributed by atoms with Crippen molar-refractivity contribution in [2.45, 2.75) is 19.8 Å². The zero-order valence-corrected chi connectivity index (χ0v) is 8.36. The molecule has 1 N–H and O–H groups in total. The number of benzene rings is 1. The number of hydrogen-bond acceptors (Lipinski definition) is 1. The van der Waals surface area contributed by atoms with E-state index in [0.717, 1.165) is 6.42 Å². The van der Waals surface area contributed by atoms with Crippen molar-refractivity contribution >= 4 is 15.9 Å². The van der Waals surface area contributed by atoms with Crippen molar-refractivity contribution in [3.63, 3.8) is 0 Å². The lowest BCUT2D eigenvalue weighted by Gasteiger charge is -2.04. The Morgan fingerprint density at radius 1 is 1.50 bits per heavy atom. The van der Waals surface area contributed by atoms with E-state index in [0.29, 0.717) is 16.5 Å². The molecule has 0 unspecified atom stereocenters. The van der Waals surface area contributed by atoms with Gasteiger partial charge in [-0.3, -0.25) is 0 Å². The number of phenolic OH excluding ortho intramolecular Hbond substituents is 1. The molecular weight excluding hydrogens is 223 g/mol. The Kier molecular flexibility index (Phi) is 3.09. The van der Waals surface area contributed by atoms with Gasteiger partial charge in [-0.15, -0.1) is 0 Å². The molecule has 1 aromatic rings. The standard InChI is InChI=1S/C9H10BrFO/c1-2-3-6-4-7(11)5-8(10)9(6)12/h4-5,12H,2-3H2,1H3. The number of aromatic hydroxyl groups is 1. The van der Waals surface area contributed by atoms with E-state index >= 15 is 0 Å². The van der Waals surface area contributed by atoms with Gasteiger partial charge in [-0.1, -0.05) is 13.3 Å². The third kappa shape index (κ3) is 1.97. The molecule has 12 heavy (non-hydrogen) atoms. The predicted molar refractivity (Wildman–Crippen MR) is 49.8 cm³/mol. The first-order chi connectivity index (χ1) is 5.65. The van der Waals surface area contributed by atoms with Crippen molar-refractivity contribution < 1.29 is 9.50 Å². The smallest absolute Gasteiger partial charge is 0.133 e. The van der Waals surface area contributed by atoms with E-state index in [4.69, 9.17) is 0 Å². The van der Waals surface area contributed by atoms with Gasteiger partial charge in [0.1, 0.15) is 11.6 Å². The molecule has 0 fully saturated rings. The van der Waals surface area contributed by atoms with Gasteiger partial charge in [0.15, 0.2) is 0 Å². The van der Waals surface area contributed by atoms with Crippen LogP contribution in [0.1, 0.15) is 18.9 Å². The summed E-state index contributed by atoms with van der Waals surface area (Å²) < 4.78 is 13.2. The summed E-state index contributed by atoms with van der Waals surface area (Å²) in [5.41, 5.74) is 0.657. The van der Waals surface area contributed by atoms with Crippen molar-refractivity contribution in [2.24, 2.45) is 0 Å². The van der Waals surface area contributed by atoms with E-state index < -0.39 is 0 Å². The minimum Gasteiger partial charge on any atom is -0.506 e. The first kappa shape index (κ1) is 9.52. The summed E-state index contributed by atoms with van der Waals surface area (Å²) in [4.78, 5) is 0. The largest absolute Gasteiger partial charge is 0.506 e. The summed E-state index contributed by atoms with van der Waals surface area (Å²) in [6.45, 7) is 1.98. The van der Waals surface area contributed by atoms with Gasteiger partial charge in [0.25, 0.3) is 0 Å². The molecule has 3 heteroatoms. The van der Waals surface area contributed by atoms with Gasteiger partial charge in [-0.25, -0.2) is 4.39 Å². The minimum absolute atomic E-state index is 0.151. The summed E-state index contributed by atoms with van der Waals surface area (Å²) in [7, 11) is 0. The third-order valence-corrected chi connectivity index (χ3v) is 2.23. The highest BCUT2D eigenvalue weighted by molar-refractivity contribution is 9.10. The molecule has 0 saturated carbocycles. The fraction of sp³-hybridized carbons (Fsp3) is 0.333. The molecule has 0 aliphatic carbocycles. The fourth-order valence-electron chi connectivity index (χ4n) is 1.08. The number of halogens is 2. The van der Waals surface area contributed by atoms with Crippen LogP contribution in [-0.2, 0) is 6.42 Å².